The Morgan fingerprint density at radius 2 is 2.17 bits per heavy atom. The quantitative estimate of drug-likeness (QED) is 0.607. The molecule has 0 saturated carbocycles. The first-order valence-corrected chi connectivity index (χ1v) is 10.3. The number of amides is 1. The summed E-state index contributed by atoms with van der Waals surface area (Å²) < 4.78 is 19.6. The number of rotatable bonds is 9. The number of halogens is 1. The van der Waals surface area contributed by atoms with Gasteiger partial charge in [-0.15, -0.1) is 0 Å². The lowest BCUT2D eigenvalue weighted by molar-refractivity contribution is -0.123. The number of carbonyl (C=O) groups is 1. The Balaban J connectivity index is 2.24. The molecule has 0 bridgehead atoms. The van der Waals surface area contributed by atoms with Crippen molar-refractivity contribution in [2.45, 2.75) is 33.2 Å². The Hall–Kier alpha value is -2.51. The van der Waals surface area contributed by atoms with Crippen LogP contribution in [0.5, 0.6) is 0 Å². The topological polar surface area (TPSA) is 79.9 Å². The molecule has 0 spiro atoms. The highest BCUT2D eigenvalue weighted by atomic mass is 19.1. The van der Waals surface area contributed by atoms with Crippen molar-refractivity contribution in [2.75, 3.05) is 39.4 Å². The molecule has 1 aromatic carbocycles. The third-order valence-corrected chi connectivity index (χ3v) is 5.09. The second kappa shape index (κ2) is 11.0. The summed E-state index contributed by atoms with van der Waals surface area (Å²) in [6.45, 7) is 10.5. The molecule has 2 rings (SSSR count). The van der Waals surface area contributed by atoms with Gasteiger partial charge in [-0.3, -0.25) is 15.1 Å². The van der Waals surface area contributed by atoms with E-state index in [4.69, 9.17) is 15.5 Å². The number of nitrogens with zero attached hydrogens (tertiary/aromatic N) is 2. The highest BCUT2D eigenvalue weighted by Gasteiger charge is 2.25. The van der Waals surface area contributed by atoms with E-state index in [0.717, 1.165) is 17.0 Å². The number of aliphatic imine (C=N–C) groups is 1. The molecule has 0 atom stereocenters. The van der Waals surface area contributed by atoms with Crippen molar-refractivity contribution in [2.24, 2.45) is 10.7 Å². The van der Waals surface area contributed by atoms with Crippen molar-refractivity contribution in [3.05, 3.63) is 53.4 Å². The fraction of sp³-hybridized carbons (Fsp3) is 0.478. The summed E-state index contributed by atoms with van der Waals surface area (Å²) in [5, 5.41) is 3.19. The molecular weight excluding hydrogens is 383 g/mol. The van der Waals surface area contributed by atoms with Gasteiger partial charge >= 0.3 is 0 Å². The molecule has 30 heavy (non-hydrogen) atoms. The van der Waals surface area contributed by atoms with Crippen LogP contribution in [0.2, 0.25) is 0 Å². The van der Waals surface area contributed by atoms with Gasteiger partial charge in [0.1, 0.15) is 11.7 Å². The average Bonchev–Trinajstić information content (AvgIpc) is 2.79. The summed E-state index contributed by atoms with van der Waals surface area (Å²) in [7, 11) is 0. The van der Waals surface area contributed by atoms with Gasteiger partial charge in [-0.25, -0.2) is 4.39 Å². The lowest BCUT2D eigenvalue weighted by Crippen LogP contribution is -2.54. The molecule has 1 aromatic rings. The Kier molecular flexibility index (Phi) is 8.74. The first-order valence-electron chi connectivity index (χ1n) is 10.3. The third kappa shape index (κ3) is 6.78. The number of hydrogen-bond donors (Lipinski definition) is 2. The molecule has 1 aliphatic rings. The van der Waals surface area contributed by atoms with Crippen molar-refractivity contribution >= 4 is 17.3 Å². The maximum atomic E-state index is 14.1. The number of benzene rings is 1. The van der Waals surface area contributed by atoms with E-state index in [1.165, 1.54) is 0 Å². The van der Waals surface area contributed by atoms with Crippen molar-refractivity contribution < 1.29 is 13.9 Å². The Labute approximate surface area is 178 Å². The normalized spacial score (nSPS) is 19.7. The molecule has 7 heteroatoms. The summed E-state index contributed by atoms with van der Waals surface area (Å²) in [5.41, 5.74) is 7.03. The maximum Gasteiger partial charge on any atom is 0.237 e. The monoisotopic (exact) mass is 416 g/mol. The Morgan fingerprint density at radius 3 is 2.83 bits per heavy atom. The van der Waals surface area contributed by atoms with E-state index in [2.05, 4.69) is 16.3 Å². The number of primary amides is 1. The number of nitrogens with two attached hydrogens (primary N) is 1. The molecule has 1 amide bonds. The van der Waals surface area contributed by atoms with Crippen LogP contribution >= 0.6 is 0 Å². The summed E-state index contributed by atoms with van der Waals surface area (Å²) in [6, 6.07) is 5.28. The standard InChI is InChI=1S/C23H33FN4O2/c1-5-30-14-13-28-12-10-18(19-9-8-17(2)20(24)15-19)7-6-11-26-21(28)16-27-23(3,4)22(25)29/h6-10,15,27H,5,11-14,16H2,1-4H3,(H2,25,29)/b7-6-,18-10+,26-21-. The summed E-state index contributed by atoms with van der Waals surface area (Å²) in [5.74, 6) is 0.182. The third-order valence-electron chi connectivity index (χ3n) is 5.09. The van der Waals surface area contributed by atoms with Crippen LogP contribution in [0.1, 0.15) is 31.9 Å². The first kappa shape index (κ1) is 23.8. The zero-order valence-electron chi connectivity index (χ0n) is 18.4. The number of nitrogens with one attached hydrogen (secondary N) is 1. The van der Waals surface area contributed by atoms with E-state index in [1.54, 1.807) is 32.9 Å². The van der Waals surface area contributed by atoms with Crippen LogP contribution < -0.4 is 11.1 Å². The van der Waals surface area contributed by atoms with Crippen molar-refractivity contribution in [3.8, 4) is 0 Å². The van der Waals surface area contributed by atoms with Crippen molar-refractivity contribution in [1.29, 1.82) is 0 Å². The predicted molar refractivity (Wildman–Crippen MR) is 120 cm³/mol. The summed E-state index contributed by atoms with van der Waals surface area (Å²) in [6.07, 6.45) is 5.99. The fourth-order valence-corrected chi connectivity index (χ4v) is 2.90. The van der Waals surface area contributed by atoms with Crippen LogP contribution in [0, 0.1) is 12.7 Å². The minimum absolute atomic E-state index is 0.218. The van der Waals surface area contributed by atoms with E-state index < -0.39 is 11.4 Å². The van der Waals surface area contributed by atoms with Gasteiger partial charge in [0.15, 0.2) is 0 Å². The fourth-order valence-electron chi connectivity index (χ4n) is 2.90. The molecule has 0 fully saturated rings. The highest BCUT2D eigenvalue weighted by Crippen LogP contribution is 2.20. The van der Waals surface area contributed by atoms with Gasteiger partial charge in [0.05, 0.1) is 25.2 Å². The molecule has 3 N–H and O–H groups in total. The summed E-state index contributed by atoms with van der Waals surface area (Å²) >= 11 is 0. The van der Waals surface area contributed by atoms with Gasteiger partial charge in [-0.05, 0) is 50.5 Å². The van der Waals surface area contributed by atoms with Crippen LogP contribution in [-0.2, 0) is 9.53 Å². The van der Waals surface area contributed by atoms with E-state index in [9.17, 15) is 9.18 Å². The average molecular weight is 417 g/mol. The first-order chi connectivity index (χ1) is 14.2. The van der Waals surface area contributed by atoms with Crippen LogP contribution in [0.15, 0.2) is 41.4 Å². The Bertz CT molecular complexity index is 830. The molecule has 0 unspecified atom stereocenters. The number of aryl methyl sites for hydroxylation is 1. The van der Waals surface area contributed by atoms with E-state index in [0.29, 0.717) is 45.0 Å². The van der Waals surface area contributed by atoms with Gasteiger partial charge in [0.2, 0.25) is 5.91 Å². The molecule has 0 aliphatic carbocycles. The van der Waals surface area contributed by atoms with Crippen LogP contribution in [0.4, 0.5) is 4.39 Å². The largest absolute Gasteiger partial charge is 0.380 e. The zero-order valence-corrected chi connectivity index (χ0v) is 18.4. The molecule has 1 aliphatic heterocycles. The van der Waals surface area contributed by atoms with Crippen molar-refractivity contribution in [3.63, 3.8) is 0 Å². The van der Waals surface area contributed by atoms with Gasteiger partial charge in [0.25, 0.3) is 0 Å². The minimum atomic E-state index is -0.844. The van der Waals surface area contributed by atoms with Gasteiger partial charge in [-0.2, -0.15) is 0 Å². The van der Waals surface area contributed by atoms with E-state index in [1.807, 2.05) is 25.1 Å². The van der Waals surface area contributed by atoms with Crippen LogP contribution in [0.25, 0.3) is 5.57 Å². The Morgan fingerprint density at radius 1 is 1.40 bits per heavy atom. The highest BCUT2D eigenvalue weighted by molar-refractivity contribution is 5.88. The predicted octanol–water partition coefficient (Wildman–Crippen LogP) is 2.68. The van der Waals surface area contributed by atoms with Gasteiger partial charge in [0, 0.05) is 19.7 Å². The number of amidine groups is 1. The number of allylic oxidation sites excluding steroid dienone is 2. The molecular formula is C23H33FN4O2. The van der Waals surface area contributed by atoms with Gasteiger partial charge in [-0.1, -0.05) is 30.4 Å². The number of ether oxygens (including phenoxy) is 1. The zero-order chi connectivity index (χ0) is 22.1. The lowest BCUT2D eigenvalue weighted by Gasteiger charge is -2.29. The molecule has 6 nitrogen and oxygen atoms in total. The summed E-state index contributed by atoms with van der Waals surface area (Å²) in [4.78, 5) is 18.5. The molecule has 0 radical (unpaired) electrons. The van der Waals surface area contributed by atoms with Gasteiger partial charge < -0.3 is 15.4 Å². The number of carbonyl (C=O) groups excluding carboxylic acids is 1. The molecule has 164 valence electrons. The smallest absolute Gasteiger partial charge is 0.237 e. The minimum Gasteiger partial charge on any atom is -0.380 e. The molecule has 0 aromatic heterocycles. The second-order valence-electron chi connectivity index (χ2n) is 7.77. The molecule has 1 heterocycles. The lowest BCUT2D eigenvalue weighted by atomic mass is 10.0. The van der Waals surface area contributed by atoms with Crippen LogP contribution in [0.3, 0.4) is 0 Å². The maximum absolute atomic E-state index is 14.1. The SMILES string of the molecule is CCOCCN1C/C=C(c2ccc(C)c(F)c2)\C=C/C/N=C\1CNC(C)(C)C(N)=O. The van der Waals surface area contributed by atoms with Crippen LogP contribution in [-0.4, -0.2) is 61.6 Å². The van der Waals surface area contributed by atoms with Crippen molar-refractivity contribution in [1.82, 2.24) is 10.2 Å². The van der Waals surface area contributed by atoms with E-state index >= 15 is 0 Å². The van der Waals surface area contributed by atoms with E-state index in [-0.39, 0.29) is 5.82 Å². The number of hydrogen-bond acceptors (Lipinski definition) is 5. The second-order valence-corrected chi connectivity index (χ2v) is 7.77. The molecule has 0 saturated heterocycles.